The van der Waals surface area contributed by atoms with Crippen molar-refractivity contribution in [2.24, 2.45) is 0 Å². The summed E-state index contributed by atoms with van der Waals surface area (Å²) in [5.74, 6) is -2.68. The number of aliphatic hydroxyl groups is 1. The molecule has 0 fully saturated rings. The minimum absolute atomic E-state index is 0.0225. The molecule has 2 rings (SSSR count). The normalized spacial score (nSPS) is 12.6. The summed E-state index contributed by atoms with van der Waals surface area (Å²) in [4.78, 5) is 36.3. The van der Waals surface area contributed by atoms with Crippen LogP contribution in [0, 0.1) is 0 Å². The lowest BCUT2D eigenvalue weighted by Crippen LogP contribution is -2.51. The third-order valence-corrected chi connectivity index (χ3v) is 4.06. The first kappa shape index (κ1) is 20.9. The summed E-state index contributed by atoms with van der Waals surface area (Å²) in [5.41, 5.74) is 1.44. The molecule has 8 nitrogen and oxygen atoms in total. The maximum atomic E-state index is 12.7. The Kier molecular flexibility index (Phi) is 7.53. The molecule has 2 atom stereocenters. The quantitative estimate of drug-likeness (QED) is 0.515. The fourth-order valence-corrected chi connectivity index (χ4v) is 2.60. The molecular weight excluding hydrogens is 364 g/mol. The molecular formula is C20H22N2O6. The van der Waals surface area contributed by atoms with Crippen LogP contribution in [0.25, 0.3) is 0 Å². The van der Waals surface area contributed by atoms with Crippen molar-refractivity contribution in [3.8, 4) is 0 Å². The number of carbonyl (C=O) groups excluding carboxylic acids is 1. The third kappa shape index (κ3) is 6.40. The maximum Gasteiger partial charge on any atom is 0.334 e. The highest BCUT2D eigenvalue weighted by Crippen LogP contribution is 2.08. The standard InChI is InChI=1S/C20H22N2O6/c23-17(19(26)27)13-22(12-15-9-5-2-6-10-15)20(28)21-16(18(24)25)11-14-7-3-1-4-8-14/h1-10,16-17,23H,11-13H2,(H,21,28)(H,24,25)(H,26,27)/t16-,17-/m0/s1. The summed E-state index contributed by atoms with van der Waals surface area (Å²) in [6.45, 7) is -0.456. The molecule has 0 heterocycles. The number of benzene rings is 2. The van der Waals surface area contributed by atoms with Crippen LogP contribution in [-0.2, 0) is 22.6 Å². The lowest BCUT2D eigenvalue weighted by atomic mass is 10.1. The average Bonchev–Trinajstić information content (AvgIpc) is 2.68. The van der Waals surface area contributed by atoms with Crippen LogP contribution in [0.4, 0.5) is 4.79 Å². The fraction of sp³-hybridized carbons (Fsp3) is 0.250. The molecule has 0 radical (unpaired) electrons. The molecule has 0 saturated carbocycles. The van der Waals surface area contributed by atoms with Gasteiger partial charge in [-0.2, -0.15) is 0 Å². The van der Waals surface area contributed by atoms with Gasteiger partial charge < -0.3 is 25.5 Å². The van der Waals surface area contributed by atoms with Crippen LogP contribution in [-0.4, -0.2) is 56.9 Å². The fourth-order valence-electron chi connectivity index (χ4n) is 2.60. The van der Waals surface area contributed by atoms with Gasteiger partial charge in [0, 0.05) is 13.0 Å². The predicted octanol–water partition coefficient (Wildman–Crippen LogP) is 1.34. The van der Waals surface area contributed by atoms with Gasteiger partial charge in [0.05, 0.1) is 6.54 Å². The van der Waals surface area contributed by atoms with Crippen LogP contribution >= 0.6 is 0 Å². The highest BCUT2D eigenvalue weighted by Gasteiger charge is 2.26. The van der Waals surface area contributed by atoms with Crippen molar-refractivity contribution in [1.82, 2.24) is 10.2 Å². The van der Waals surface area contributed by atoms with Gasteiger partial charge in [0.2, 0.25) is 0 Å². The molecule has 28 heavy (non-hydrogen) atoms. The number of amides is 2. The zero-order valence-corrected chi connectivity index (χ0v) is 15.1. The number of rotatable bonds is 9. The second-order valence-corrected chi connectivity index (χ2v) is 6.25. The zero-order valence-electron chi connectivity index (χ0n) is 15.1. The SMILES string of the molecule is O=C(O)[C@H](Cc1ccccc1)NC(=O)N(Cc1ccccc1)C[C@H](O)C(=O)O. The second kappa shape index (κ2) is 10.1. The van der Waals surface area contributed by atoms with Crippen molar-refractivity contribution >= 4 is 18.0 Å². The molecule has 8 heteroatoms. The van der Waals surface area contributed by atoms with Gasteiger partial charge >= 0.3 is 18.0 Å². The van der Waals surface area contributed by atoms with Crippen molar-refractivity contribution in [3.63, 3.8) is 0 Å². The Morgan fingerprint density at radius 1 is 0.857 bits per heavy atom. The zero-order chi connectivity index (χ0) is 20.5. The van der Waals surface area contributed by atoms with E-state index in [2.05, 4.69) is 5.32 Å². The van der Waals surface area contributed by atoms with Crippen molar-refractivity contribution in [1.29, 1.82) is 0 Å². The Balaban J connectivity index is 2.14. The number of nitrogens with one attached hydrogen (secondary N) is 1. The van der Waals surface area contributed by atoms with E-state index in [0.717, 1.165) is 10.5 Å². The van der Waals surface area contributed by atoms with E-state index in [1.807, 2.05) is 0 Å². The Labute approximate surface area is 162 Å². The van der Waals surface area contributed by atoms with Crippen LogP contribution in [0.3, 0.4) is 0 Å². The van der Waals surface area contributed by atoms with Gasteiger partial charge in [0.25, 0.3) is 0 Å². The van der Waals surface area contributed by atoms with Crippen LogP contribution < -0.4 is 5.32 Å². The van der Waals surface area contributed by atoms with Crippen molar-refractivity contribution in [2.45, 2.75) is 25.1 Å². The van der Waals surface area contributed by atoms with Crippen LogP contribution in [0.1, 0.15) is 11.1 Å². The number of nitrogens with zero attached hydrogens (tertiary/aromatic N) is 1. The number of carbonyl (C=O) groups is 3. The lowest BCUT2D eigenvalue weighted by molar-refractivity contribution is -0.147. The molecule has 0 aromatic heterocycles. The van der Waals surface area contributed by atoms with E-state index in [9.17, 15) is 24.6 Å². The minimum atomic E-state index is -1.79. The van der Waals surface area contributed by atoms with Gasteiger partial charge in [0.15, 0.2) is 6.10 Å². The third-order valence-electron chi connectivity index (χ3n) is 4.06. The Hall–Kier alpha value is -3.39. The molecule has 2 aromatic carbocycles. The minimum Gasteiger partial charge on any atom is -0.480 e. The molecule has 0 aliphatic heterocycles. The molecule has 0 spiro atoms. The topological polar surface area (TPSA) is 127 Å². The molecule has 4 N–H and O–H groups in total. The van der Waals surface area contributed by atoms with E-state index in [1.54, 1.807) is 60.7 Å². The first-order chi connectivity index (χ1) is 13.4. The Morgan fingerprint density at radius 2 is 1.39 bits per heavy atom. The summed E-state index contributed by atoms with van der Waals surface area (Å²) < 4.78 is 0. The first-order valence-corrected chi connectivity index (χ1v) is 8.63. The van der Waals surface area contributed by atoms with Gasteiger partial charge in [-0.3, -0.25) is 0 Å². The van der Waals surface area contributed by atoms with Gasteiger partial charge in [-0.1, -0.05) is 60.7 Å². The summed E-state index contributed by atoms with van der Waals surface area (Å²) in [6, 6.07) is 15.6. The number of aliphatic hydroxyl groups excluding tert-OH is 1. The van der Waals surface area contributed by atoms with Gasteiger partial charge in [-0.25, -0.2) is 14.4 Å². The molecule has 148 valence electrons. The highest BCUT2D eigenvalue weighted by molar-refractivity contribution is 5.83. The number of carboxylic acid groups (broad SMARTS) is 2. The number of carboxylic acids is 2. The van der Waals surface area contributed by atoms with Crippen LogP contribution in [0.2, 0.25) is 0 Å². The second-order valence-electron chi connectivity index (χ2n) is 6.25. The van der Waals surface area contributed by atoms with Crippen molar-refractivity contribution in [2.75, 3.05) is 6.54 Å². The molecule has 0 saturated heterocycles. The van der Waals surface area contributed by atoms with Crippen LogP contribution in [0.5, 0.6) is 0 Å². The number of urea groups is 1. The smallest absolute Gasteiger partial charge is 0.334 e. The monoisotopic (exact) mass is 386 g/mol. The number of aliphatic carboxylic acids is 2. The molecule has 2 aromatic rings. The number of hydrogen-bond acceptors (Lipinski definition) is 4. The predicted molar refractivity (Wildman–Crippen MR) is 101 cm³/mol. The van der Waals surface area contributed by atoms with E-state index in [1.165, 1.54) is 0 Å². The molecule has 0 aliphatic rings. The molecule has 2 amide bonds. The van der Waals surface area contributed by atoms with Gasteiger partial charge in [-0.15, -0.1) is 0 Å². The summed E-state index contributed by atoms with van der Waals surface area (Å²) in [6.07, 6.45) is -1.71. The first-order valence-electron chi connectivity index (χ1n) is 8.63. The summed E-state index contributed by atoms with van der Waals surface area (Å²) in [7, 11) is 0. The Bertz CT molecular complexity index is 797. The van der Waals surface area contributed by atoms with E-state index in [4.69, 9.17) is 5.11 Å². The number of hydrogen-bond donors (Lipinski definition) is 4. The molecule has 0 aliphatic carbocycles. The van der Waals surface area contributed by atoms with E-state index in [-0.39, 0.29) is 13.0 Å². The Morgan fingerprint density at radius 3 is 1.89 bits per heavy atom. The van der Waals surface area contributed by atoms with E-state index < -0.39 is 36.7 Å². The van der Waals surface area contributed by atoms with Crippen molar-refractivity contribution in [3.05, 3.63) is 71.8 Å². The molecule has 0 unspecified atom stereocenters. The van der Waals surface area contributed by atoms with Gasteiger partial charge in [0.1, 0.15) is 6.04 Å². The average molecular weight is 386 g/mol. The van der Waals surface area contributed by atoms with E-state index >= 15 is 0 Å². The highest BCUT2D eigenvalue weighted by atomic mass is 16.4. The summed E-state index contributed by atoms with van der Waals surface area (Å²) >= 11 is 0. The maximum absolute atomic E-state index is 12.7. The largest absolute Gasteiger partial charge is 0.480 e. The van der Waals surface area contributed by atoms with Gasteiger partial charge in [-0.05, 0) is 11.1 Å². The molecule has 0 bridgehead atoms. The summed E-state index contributed by atoms with van der Waals surface area (Å²) in [5, 5.41) is 30.5. The van der Waals surface area contributed by atoms with Crippen LogP contribution in [0.15, 0.2) is 60.7 Å². The lowest BCUT2D eigenvalue weighted by Gasteiger charge is -2.26. The van der Waals surface area contributed by atoms with E-state index in [0.29, 0.717) is 5.56 Å². The van der Waals surface area contributed by atoms with Crippen molar-refractivity contribution < 1.29 is 29.7 Å².